The van der Waals surface area contributed by atoms with Crippen LogP contribution in [0.25, 0.3) is 0 Å². The van der Waals surface area contributed by atoms with E-state index in [9.17, 15) is 4.79 Å². The van der Waals surface area contributed by atoms with Crippen molar-refractivity contribution in [3.63, 3.8) is 0 Å². The number of aryl methyl sites for hydroxylation is 1. The molecule has 4 nitrogen and oxygen atoms in total. The van der Waals surface area contributed by atoms with Gasteiger partial charge in [-0.2, -0.15) is 5.10 Å². The van der Waals surface area contributed by atoms with Crippen molar-refractivity contribution in [2.45, 2.75) is 26.4 Å². The van der Waals surface area contributed by atoms with E-state index in [2.05, 4.69) is 5.10 Å². The van der Waals surface area contributed by atoms with E-state index in [-0.39, 0.29) is 11.9 Å². The molecule has 0 aliphatic carbocycles. The van der Waals surface area contributed by atoms with Crippen LogP contribution in [0.1, 0.15) is 24.1 Å². The average molecular weight is 319 g/mol. The van der Waals surface area contributed by atoms with E-state index in [1.54, 1.807) is 10.9 Å². The Labute approximate surface area is 142 Å². The van der Waals surface area contributed by atoms with E-state index >= 15 is 0 Å². The first-order chi connectivity index (χ1) is 11.6. The van der Waals surface area contributed by atoms with Gasteiger partial charge in [0, 0.05) is 18.1 Å². The van der Waals surface area contributed by atoms with Gasteiger partial charge in [-0.1, -0.05) is 48.0 Å². The molecule has 0 aliphatic rings. The molecule has 122 valence electrons. The smallest absolute Gasteiger partial charge is 0.251 e. The van der Waals surface area contributed by atoms with Gasteiger partial charge in [0.2, 0.25) is 0 Å². The van der Waals surface area contributed by atoms with Crippen molar-refractivity contribution in [1.82, 2.24) is 9.78 Å². The molecule has 3 aromatic rings. The van der Waals surface area contributed by atoms with E-state index in [4.69, 9.17) is 0 Å². The summed E-state index contributed by atoms with van der Waals surface area (Å²) in [7, 11) is 0. The van der Waals surface area contributed by atoms with Gasteiger partial charge in [-0.3, -0.25) is 9.48 Å². The summed E-state index contributed by atoms with van der Waals surface area (Å²) in [4.78, 5) is 14.9. The summed E-state index contributed by atoms with van der Waals surface area (Å²) in [6.07, 6.45) is 3.51. The summed E-state index contributed by atoms with van der Waals surface area (Å²) in [5, 5.41) is 4.20. The summed E-state index contributed by atoms with van der Waals surface area (Å²) in [6, 6.07) is 19.5. The predicted molar refractivity (Wildman–Crippen MR) is 95.7 cm³/mol. The number of carbonyl (C=O) groups excluding carboxylic acids is 1. The summed E-state index contributed by atoms with van der Waals surface area (Å²) in [5.41, 5.74) is 3.17. The Morgan fingerprint density at radius 1 is 1.08 bits per heavy atom. The van der Waals surface area contributed by atoms with Crippen LogP contribution in [0.3, 0.4) is 0 Å². The van der Waals surface area contributed by atoms with Crippen molar-refractivity contribution >= 4 is 11.6 Å². The highest BCUT2D eigenvalue weighted by molar-refractivity contribution is 5.95. The van der Waals surface area contributed by atoms with Crippen molar-refractivity contribution < 1.29 is 4.79 Å². The third kappa shape index (κ3) is 3.54. The number of nitrogens with zero attached hydrogens (tertiary/aromatic N) is 3. The normalized spacial score (nSPS) is 11.9. The fourth-order valence-electron chi connectivity index (χ4n) is 2.64. The van der Waals surface area contributed by atoms with Gasteiger partial charge < -0.3 is 4.90 Å². The van der Waals surface area contributed by atoms with E-state index < -0.39 is 0 Å². The fraction of sp³-hybridized carbons (Fsp3) is 0.200. The van der Waals surface area contributed by atoms with Gasteiger partial charge >= 0.3 is 0 Å². The van der Waals surface area contributed by atoms with E-state index in [0.717, 1.165) is 11.3 Å². The second-order valence-electron chi connectivity index (χ2n) is 5.91. The summed E-state index contributed by atoms with van der Waals surface area (Å²) in [6.45, 7) is 4.45. The van der Waals surface area contributed by atoms with Crippen LogP contribution < -0.4 is 4.90 Å². The second-order valence-corrected chi connectivity index (χ2v) is 5.91. The first kappa shape index (κ1) is 16.0. The molecule has 0 saturated carbocycles. The highest BCUT2D eigenvalue weighted by Gasteiger charge is 2.23. The Hall–Kier alpha value is -2.88. The van der Waals surface area contributed by atoms with Crippen LogP contribution in [0.4, 0.5) is 5.69 Å². The molecule has 1 amide bonds. The maximum atomic E-state index is 13.1. The average Bonchev–Trinajstić information content (AvgIpc) is 3.15. The molecule has 1 heterocycles. The molecule has 1 unspecified atom stereocenters. The zero-order valence-electron chi connectivity index (χ0n) is 14.0. The van der Waals surface area contributed by atoms with E-state index in [1.807, 2.05) is 85.6 Å². The lowest BCUT2D eigenvalue weighted by Crippen LogP contribution is -2.36. The number of hydrogen-bond donors (Lipinski definition) is 0. The fourth-order valence-corrected chi connectivity index (χ4v) is 2.64. The van der Waals surface area contributed by atoms with Gasteiger partial charge in [0.15, 0.2) is 0 Å². The number of carbonyl (C=O) groups is 1. The predicted octanol–water partition coefficient (Wildman–Crippen LogP) is 3.99. The lowest BCUT2D eigenvalue weighted by Gasteiger charge is -2.26. The first-order valence-electron chi connectivity index (χ1n) is 8.06. The minimum Gasteiger partial charge on any atom is -0.306 e. The number of rotatable bonds is 5. The minimum absolute atomic E-state index is 0.0198. The molecule has 0 saturated heterocycles. The number of hydrogen-bond acceptors (Lipinski definition) is 2. The number of amides is 1. The highest BCUT2D eigenvalue weighted by atomic mass is 16.2. The zero-order chi connectivity index (χ0) is 16.9. The molecular formula is C20H21N3O. The van der Waals surface area contributed by atoms with Crippen LogP contribution in [0.5, 0.6) is 0 Å². The molecule has 0 spiro atoms. The van der Waals surface area contributed by atoms with Crippen molar-refractivity contribution in [2.75, 3.05) is 4.90 Å². The van der Waals surface area contributed by atoms with Gasteiger partial charge in [-0.15, -0.1) is 0 Å². The van der Waals surface area contributed by atoms with Crippen molar-refractivity contribution in [3.8, 4) is 0 Å². The molecule has 1 aromatic heterocycles. The molecular weight excluding hydrogens is 298 g/mol. The lowest BCUT2D eigenvalue weighted by atomic mass is 10.1. The van der Waals surface area contributed by atoms with Gasteiger partial charge in [0.25, 0.3) is 5.91 Å². The maximum Gasteiger partial charge on any atom is 0.251 e. The molecule has 24 heavy (non-hydrogen) atoms. The van der Waals surface area contributed by atoms with Gasteiger partial charge in [-0.25, -0.2) is 0 Å². The van der Waals surface area contributed by atoms with Crippen LogP contribution in [-0.2, 0) is 11.3 Å². The number of aromatic nitrogens is 2. The standard InChI is InChI=1S/C20H21N3O/c1-16-9-11-19(12-10-16)22(15-18-7-4-3-5-8-18)20(24)17(2)23-14-6-13-21-23/h3-14,17H,15H2,1-2H3. The molecule has 0 aliphatic heterocycles. The SMILES string of the molecule is Cc1ccc(N(Cc2ccccc2)C(=O)C(C)n2cccn2)cc1. The number of benzene rings is 2. The molecule has 0 N–H and O–H groups in total. The second kappa shape index (κ2) is 7.13. The van der Waals surface area contributed by atoms with Crippen molar-refractivity contribution in [1.29, 1.82) is 0 Å². The molecule has 1 atom stereocenters. The lowest BCUT2D eigenvalue weighted by molar-refractivity contribution is -0.121. The monoisotopic (exact) mass is 319 g/mol. The van der Waals surface area contributed by atoms with Gasteiger partial charge in [0.1, 0.15) is 6.04 Å². The summed E-state index contributed by atoms with van der Waals surface area (Å²) in [5.74, 6) is 0.0198. The molecule has 0 fully saturated rings. The Morgan fingerprint density at radius 2 is 1.79 bits per heavy atom. The molecule has 3 rings (SSSR count). The van der Waals surface area contributed by atoms with Crippen LogP contribution in [0.15, 0.2) is 73.1 Å². The van der Waals surface area contributed by atoms with E-state index in [0.29, 0.717) is 6.54 Å². The minimum atomic E-state index is -0.356. The molecule has 2 aromatic carbocycles. The Bertz CT molecular complexity index is 780. The topological polar surface area (TPSA) is 38.1 Å². The van der Waals surface area contributed by atoms with Crippen molar-refractivity contribution in [2.24, 2.45) is 0 Å². The Balaban J connectivity index is 1.91. The molecule has 4 heteroatoms. The zero-order valence-corrected chi connectivity index (χ0v) is 14.0. The third-order valence-electron chi connectivity index (χ3n) is 4.07. The Morgan fingerprint density at radius 3 is 2.42 bits per heavy atom. The molecule has 0 bridgehead atoms. The third-order valence-corrected chi connectivity index (χ3v) is 4.07. The van der Waals surface area contributed by atoms with E-state index in [1.165, 1.54) is 5.56 Å². The van der Waals surface area contributed by atoms with Gasteiger partial charge in [-0.05, 0) is 37.6 Å². The van der Waals surface area contributed by atoms with Crippen molar-refractivity contribution in [3.05, 3.63) is 84.2 Å². The van der Waals surface area contributed by atoms with Gasteiger partial charge in [0.05, 0.1) is 6.54 Å². The van der Waals surface area contributed by atoms with Crippen LogP contribution >= 0.6 is 0 Å². The van der Waals surface area contributed by atoms with Crippen LogP contribution in [0, 0.1) is 6.92 Å². The van der Waals surface area contributed by atoms with Crippen LogP contribution in [0.2, 0.25) is 0 Å². The maximum absolute atomic E-state index is 13.1. The first-order valence-corrected chi connectivity index (χ1v) is 8.06. The Kier molecular flexibility index (Phi) is 4.75. The number of anilines is 1. The summed E-state index contributed by atoms with van der Waals surface area (Å²) >= 11 is 0. The quantitative estimate of drug-likeness (QED) is 0.713. The van der Waals surface area contributed by atoms with Crippen LogP contribution in [-0.4, -0.2) is 15.7 Å². The summed E-state index contributed by atoms with van der Waals surface area (Å²) < 4.78 is 1.69. The largest absolute Gasteiger partial charge is 0.306 e. The molecule has 0 radical (unpaired) electrons. The highest BCUT2D eigenvalue weighted by Crippen LogP contribution is 2.22.